The Bertz CT molecular complexity index is 894. The molecule has 0 spiro atoms. The third-order valence-corrected chi connectivity index (χ3v) is 5.77. The van der Waals surface area contributed by atoms with Crippen molar-refractivity contribution in [2.45, 2.75) is 59.8 Å². The number of aryl methyl sites for hydroxylation is 2. The van der Waals surface area contributed by atoms with Crippen molar-refractivity contribution in [1.29, 1.82) is 0 Å². The van der Waals surface area contributed by atoms with Crippen molar-refractivity contribution in [2.75, 3.05) is 6.61 Å². The quantitative estimate of drug-likeness (QED) is 0.176. The van der Waals surface area contributed by atoms with Crippen LogP contribution < -0.4 is 0 Å². The number of benzene rings is 2. The average molecular weight is 429 g/mol. The first kappa shape index (κ1) is 25.5. The molecule has 1 nitrogen and oxygen atoms in total. The number of allylic oxidation sites excluding steroid dienone is 5. The normalized spacial score (nSPS) is 13.4. The standard InChI is InChI=1S/C31H40O/c1-6-9-12-27(8-3)24-32-31(11-7-2)14-10-13-30(29-21-17-26(5)18-22-29)23-28-19-15-25(4)16-20-28/h7,10-11,14-23,27H,2,6,8-9,12-13,24H2,1,3-5H3/b14-10-,30-23+,31-11+. The highest BCUT2D eigenvalue weighted by Crippen LogP contribution is 2.24. The first-order chi connectivity index (χ1) is 15.5. The second-order valence-corrected chi connectivity index (χ2v) is 8.59. The van der Waals surface area contributed by atoms with Gasteiger partial charge in [-0.1, -0.05) is 118 Å². The summed E-state index contributed by atoms with van der Waals surface area (Å²) in [5, 5.41) is 0. The summed E-state index contributed by atoms with van der Waals surface area (Å²) in [5.41, 5.74) is 6.31. The molecule has 2 aromatic rings. The lowest BCUT2D eigenvalue weighted by Gasteiger charge is -2.16. The fourth-order valence-electron chi connectivity index (χ4n) is 3.57. The minimum Gasteiger partial charge on any atom is -0.493 e. The summed E-state index contributed by atoms with van der Waals surface area (Å²) in [5.74, 6) is 1.50. The van der Waals surface area contributed by atoms with Crippen molar-refractivity contribution in [3.8, 4) is 0 Å². The maximum atomic E-state index is 6.15. The molecule has 170 valence electrons. The maximum Gasteiger partial charge on any atom is 0.118 e. The fourth-order valence-corrected chi connectivity index (χ4v) is 3.57. The molecule has 0 saturated heterocycles. The predicted molar refractivity (Wildman–Crippen MR) is 142 cm³/mol. The zero-order chi connectivity index (χ0) is 23.2. The largest absolute Gasteiger partial charge is 0.493 e. The van der Waals surface area contributed by atoms with Crippen molar-refractivity contribution in [2.24, 2.45) is 5.92 Å². The van der Waals surface area contributed by atoms with E-state index in [-0.39, 0.29) is 0 Å². The van der Waals surface area contributed by atoms with E-state index in [0.717, 1.165) is 25.2 Å². The molecule has 0 amide bonds. The molecule has 0 saturated carbocycles. The number of hydrogen-bond acceptors (Lipinski definition) is 1. The monoisotopic (exact) mass is 428 g/mol. The fraction of sp³-hybridized carbons (Fsp3) is 0.355. The zero-order valence-electron chi connectivity index (χ0n) is 20.4. The van der Waals surface area contributed by atoms with Gasteiger partial charge in [0.05, 0.1) is 6.61 Å². The Morgan fingerprint density at radius 3 is 2.22 bits per heavy atom. The summed E-state index contributed by atoms with van der Waals surface area (Å²) in [6, 6.07) is 17.5. The van der Waals surface area contributed by atoms with Crippen LogP contribution in [0.2, 0.25) is 0 Å². The summed E-state index contributed by atoms with van der Waals surface area (Å²) < 4.78 is 6.15. The van der Waals surface area contributed by atoms with E-state index in [9.17, 15) is 0 Å². The molecule has 0 aromatic heterocycles. The lowest BCUT2D eigenvalue weighted by atomic mass is 9.98. The minimum absolute atomic E-state index is 0.612. The van der Waals surface area contributed by atoms with Crippen LogP contribution in [0.25, 0.3) is 11.6 Å². The second-order valence-electron chi connectivity index (χ2n) is 8.59. The Kier molecular flexibility index (Phi) is 11.4. The Morgan fingerprint density at radius 1 is 0.969 bits per heavy atom. The van der Waals surface area contributed by atoms with Crippen LogP contribution in [0.1, 0.15) is 68.2 Å². The topological polar surface area (TPSA) is 9.23 Å². The molecule has 0 aliphatic rings. The van der Waals surface area contributed by atoms with Gasteiger partial charge in [0.15, 0.2) is 0 Å². The van der Waals surface area contributed by atoms with E-state index < -0.39 is 0 Å². The smallest absolute Gasteiger partial charge is 0.118 e. The van der Waals surface area contributed by atoms with E-state index in [1.807, 2.05) is 6.08 Å². The molecule has 2 aromatic carbocycles. The van der Waals surface area contributed by atoms with E-state index in [1.165, 1.54) is 47.1 Å². The molecular weight excluding hydrogens is 388 g/mol. The van der Waals surface area contributed by atoms with Gasteiger partial charge >= 0.3 is 0 Å². The van der Waals surface area contributed by atoms with E-state index in [0.29, 0.717) is 5.92 Å². The van der Waals surface area contributed by atoms with Crippen LogP contribution in [-0.2, 0) is 4.74 Å². The highest BCUT2D eigenvalue weighted by atomic mass is 16.5. The van der Waals surface area contributed by atoms with Gasteiger partial charge in [0, 0.05) is 0 Å². The molecule has 0 aliphatic heterocycles. The summed E-state index contributed by atoms with van der Waals surface area (Å²) in [4.78, 5) is 0. The van der Waals surface area contributed by atoms with Crippen LogP contribution in [0.15, 0.2) is 85.2 Å². The SMILES string of the molecule is C=C/C=C(\C=C/C/C(=C\c1ccc(C)cc1)c1ccc(C)cc1)OCC(CC)CCCC. The van der Waals surface area contributed by atoms with Crippen LogP contribution >= 0.6 is 0 Å². The Hall–Kier alpha value is -2.80. The molecule has 0 bridgehead atoms. The molecule has 0 heterocycles. The molecule has 0 fully saturated rings. The van der Waals surface area contributed by atoms with Crippen LogP contribution in [-0.4, -0.2) is 6.61 Å². The van der Waals surface area contributed by atoms with Crippen LogP contribution in [0.4, 0.5) is 0 Å². The van der Waals surface area contributed by atoms with Gasteiger partial charge in [-0.25, -0.2) is 0 Å². The van der Waals surface area contributed by atoms with Crippen molar-refractivity contribution >= 4 is 11.6 Å². The molecule has 1 heteroatoms. The van der Waals surface area contributed by atoms with Gasteiger partial charge < -0.3 is 4.74 Å². The van der Waals surface area contributed by atoms with Crippen molar-refractivity contribution in [3.63, 3.8) is 0 Å². The summed E-state index contributed by atoms with van der Waals surface area (Å²) in [7, 11) is 0. The van der Waals surface area contributed by atoms with Crippen molar-refractivity contribution in [1.82, 2.24) is 0 Å². The first-order valence-corrected chi connectivity index (χ1v) is 12.0. The lowest BCUT2D eigenvalue weighted by Crippen LogP contribution is -2.08. The van der Waals surface area contributed by atoms with E-state index in [4.69, 9.17) is 4.74 Å². The molecule has 2 rings (SSSR count). The van der Waals surface area contributed by atoms with E-state index in [2.05, 4.69) is 101 Å². The molecular formula is C31H40O. The van der Waals surface area contributed by atoms with Crippen LogP contribution in [0.3, 0.4) is 0 Å². The van der Waals surface area contributed by atoms with Gasteiger partial charge in [0.1, 0.15) is 5.76 Å². The Balaban J connectivity index is 2.15. The molecule has 0 radical (unpaired) electrons. The summed E-state index contributed by atoms with van der Waals surface area (Å²) in [6.45, 7) is 13.4. The summed E-state index contributed by atoms with van der Waals surface area (Å²) >= 11 is 0. The molecule has 1 unspecified atom stereocenters. The molecule has 0 aliphatic carbocycles. The highest BCUT2D eigenvalue weighted by molar-refractivity contribution is 5.82. The molecule has 32 heavy (non-hydrogen) atoms. The third kappa shape index (κ3) is 9.14. The number of rotatable bonds is 13. The van der Waals surface area contributed by atoms with E-state index >= 15 is 0 Å². The average Bonchev–Trinajstić information content (AvgIpc) is 2.80. The predicted octanol–water partition coefficient (Wildman–Crippen LogP) is 9.09. The van der Waals surface area contributed by atoms with Gasteiger partial charge in [-0.15, -0.1) is 0 Å². The van der Waals surface area contributed by atoms with Crippen LogP contribution in [0, 0.1) is 19.8 Å². The van der Waals surface area contributed by atoms with Crippen LogP contribution in [0.5, 0.6) is 0 Å². The lowest BCUT2D eigenvalue weighted by molar-refractivity contribution is 0.165. The molecule has 1 atom stereocenters. The second kappa shape index (κ2) is 14.3. The number of unbranched alkanes of at least 4 members (excludes halogenated alkanes) is 1. The Morgan fingerprint density at radius 2 is 1.62 bits per heavy atom. The van der Waals surface area contributed by atoms with Crippen molar-refractivity contribution in [3.05, 3.63) is 107 Å². The first-order valence-electron chi connectivity index (χ1n) is 12.0. The Labute approximate surface area is 196 Å². The van der Waals surface area contributed by atoms with Gasteiger partial charge in [-0.05, 0) is 61.5 Å². The zero-order valence-corrected chi connectivity index (χ0v) is 20.4. The summed E-state index contributed by atoms with van der Waals surface area (Å²) in [6.07, 6.45) is 16.0. The number of ether oxygens (including phenoxy) is 1. The van der Waals surface area contributed by atoms with Gasteiger partial charge in [-0.3, -0.25) is 0 Å². The highest BCUT2D eigenvalue weighted by Gasteiger charge is 2.07. The number of hydrogen-bond donors (Lipinski definition) is 0. The van der Waals surface area contributed by atoms with E-state index in [1.54, 1.807) is 6.08 Å². The van der Waals surface area contributed by atoms with Gasteiger partial charge in [-0.2, -0.15) is 0 Å². The molecule has 0 N–H and O–H groups in total. The van der Waals surface area contributed by atoms with Gasteiger partial charge in [0.25, 0.3) is 0 Å². The maximum absolute atomic E-state index is 6.15. The van der Waals surface area contributed by atoms with Crippen molar-refractivity contribution < 1.29 is 4.74 Å². The third-order valence-electron chi connectivity index (χ3n) is 5.77. The van der Waals surface area contributed by atoms with Gasteiger partial charge in [0.2, 0.25) is 0 Å². The minimum atomic E-state index is 0.612.